The van der Waals surface area contributed by atoms with Crippen LogP contribution in [-0.4, -0.2) is 24.8 Å². The van der Waals surface area contributed by atoms with Crippen LogP contribution in [0.2, 0.25) is 0 Å². The van der Waals surface area contributed by atoms with E-state index in [2.05, 4.69) is 15.2 Å². The Kier molecular flexibility index (Phi) is 3.03. The number of nitrogens with zero attached hydrogens (tertiary/aromatic N) is 5. The van der Waals surface area contributed by atoms with Gasteiger partial charge in [-0.3, -0.25) is 14.8 Å². The van der Waals surface area contributed by atoms with Crippen molar-refractivity contribution >= 4 is 17.0 Å². The second kappa shape index (κ2) is 4.85. The van der Waals surface area contributed by atoms with E-state index in [0.717, 1.165) is 4.88 Å². The van der Waals surface area contributed by atoms with Crippen molar-refractivity contribution in [3.05, 3.63) is 45.9 Å². The molecule has 0 saturated carbocycles. The van der Waals surface area contributed by atoms with Crippen LogP contribution in [-0.2, 0) is 0 Å². The van der Waals surface area contributed by atoms with Gasteiger partial charge >= 0.3 is 5.69 Å². The van der Waals surface area contributed by atoms with Gasteiger partial charge in [-0.15, -0.1) is 11.3 Å². The molecule has 8 nitrogen and oxygen atoms in total. The monoisotopic (exact) mass is 291 g/mol. The van der Waals surface area contributed by atoms with Gasteiger partial charge < -0.3 is 4.52 Å². The van der Waals surface area contributed by atoms with E-state index in [1.807, 2.05) is 17.5 Å². The minimum atomic E-state index is -0.499. The molecule has 0 saturated heterocycles. The maximum atomic E-state index is 10.6. The number of nitro groups is 1. The van der Waals surface area contributed by atoms with Crippen molar-refractivity contribution in [2.45, 2.75) is 13.0 Å². The molecule has 3 aromatic heterocycles. The summed E-state index contributed by atoms with van der Waals surface area (Å²) in [6.07, 6.45) is 2.52. The highest BCUT2D eigenvalue weighted by Crippen LogP contribution is 2.24. The van der Waals surface area contributed by atoms with Gasteiger partial charge in [-0.2, -0.15) is 10.1 Å². The average Bonchev–Trinajstić information content (AvgIpc) is 3.17. The summed E-state index contributed by atoms with van der Waals surface area (Å²) < 4.78 is 6.61. The second-order valence-electron chi connectivity index (χ2n) is 4.05. The van der Waals surface area contributed by atoms with Crippen LogP contribution in [0.4, 0.5) is 5.69 Å². The maximum Gasteiger partial charge on any atom is 0.307 e. The molecule has 102 valence electrons. The van der Waals surface area contributed by atoms with E-state index in [1.165, 1.54) is 28.4 Å². The Morgan fingerprint density at radius 3 is 3.05 bits per heavy atom. The quantitative estimate of drug-likeness (QED) is 0.541. The van der Waals surface area contributed by atoms with Crippen LogP contribution >= 0.6 is 11.3 Å². The Balaban J connectivity index is 1.86. The highest BCUT2D eigenvalue weighted by atomic mass is 32.1. The standard InChI is InChI=1S/C11H9N5O3S/c1-7(15-6-8(5-12-15)16(17)18)11-13-10(14-19-11)9-3-2-4-20-9/h2-7H,1H3/t7-/m1/s1. The Bertz CT molecular complexity index is 733. The van der Waals surface area contributed by atoms with E-state index >= 15 is 0 Å². The molecule has 0 aliphatic carbocycles. The third kappa shape index (κ3) is 2.18. The van der Waals surface area contributed by atoms with Gasteiger partial charge in [-0.1, -0.05) is 11.2 Å². The van der Waals surface area contributed by atoms with Gasteiger partial charge in [0.2, 0.25) is 5.82 Å². The molecule has 0 fully saturated rings. The molecule has 0 N–H and O–H groups in total. The number of aromatic nitrogens is 4. The van der Waals surface area contributed by atoms with Crippen LogP contribution in [0.3, 0.4) is 0 Å². The maximum absolute atomic E-state index is 10.6. The van der Waals surface area contributed by atoms with Crippen LogP contribution in [0.25, 0.3) is 10.7 Å². The summed E-state index contributed by atoms with van der Waals surface area (Å²) in [6, 6.07) is 3.42. The lowest BCUT2D eigenvalue weighted by molar-refractivity contribution is -0.385. The molecule has 3 aromatic rings. The first-order valence-electron chi connectivity index (χ1n) is 5.71. The molecule has 0 unspecified atom stereocenters. The Morgan fingerprint density at radius 1 is 1.55 bits per heavy atom. The largest absolute Gasteiger partial charge is 0.337 e. The van der Waals surface area contributed by atoms with E-state index in [1.54, 1.807) is 6.92 Å². The van der Waals surface area contributed by atoms with E-state index < -0.39 is 4.92 Å². The number of rotatable bonds is 4. The summed E-state index contributed by atoms with van der Waals surface area (Å²) >= 11 is 1.51. The fourth-order valence-electron chi connectivity index (χ4n) is 1.66. The lowest BCUT2D eigenvalue weighted by Gasteiger charge is -2.04. The first-order chi connectivity index (χ1) is 9.65. The minimum Gasteiger partial charge on any atom is -0.337 e. The lowest BCUT2D eigenvalue weighted by atomic mass is 10.3. The predicted molar refractivity (Wildman–Crippen MR) is 70.3 cm³/mol. The average molecular weight is 291 g/mol. The van der Waals surface area contributed by atoms with Crippen LogP contribution in [0, 0.1) is 10.1 Å². The number of thiophene rings is 1. The Morgan fingerprint density at radius 2 is 2.40 bits per heavy atom. The van der Waals surface area contributed by atoms with Crippen molar-refractivity contribution < 1.29 is 9.45 Å². The number of hydrogen-bond acceptors (Lipinski definition) is 7. The Labute approximate surface area is 116 Å². The third-order valence-corrected chi connectivity index (χ3v) is 3.60. The van der Waals surface area contributed by atoms with Crippen LogP contribution < -0.4 is 0 Å². The van der Waals surface area contributed by atoms with Gasteiger partial charge in [0, 0.05) is 0 Å². The first kappa shape index (κ1) is 12.5. The molecule has 3 heterocycles. The van der Waals surface area contributed by atoms with Crippen molar-refractivity contribution in [1.29, 1.82) is 0 Å². The van der Waals surface area contributed by atoms with Crippen molar-refractivity contribution in [3.8, 4) is 10.7 Å². The summed E-state index contributed by atoms with van der Waals surface area (Å²) in [5, 5.41) is 20.4. The fraction of sp³-hybridized carbons (Fsp3) is 0.182. The Hall–Kier alpha value is -2.55. The summed E-state index contributed by atoms with van der Waals surface area (Å²) in [7, 11) is 0. The molecule has 0 aliphatic rings. The molecule has 0 bridgehead atoms. The zero-order chi connectivity index (χ0) is 14.1. The fourth-order valence-corrected chi connectivity index (χ4v) is 2.31. The minimum absolute atomic E-state index is 0.0742. The van der Waals surface area contributed by atoms with Gasteiger partial charge in [-0.05, 0) is 18.4 Å². The SMILES string of the molecule is C[C@H](c1nc(-c2cccs2)no1)n1cc([N+](=O)[O-])cn1. The highest BCUT2D eigenvalue weighted by Gasteiger charge is 2.20. The summed E-state index contributed by atoms with van der Waals surface area (Å²) in [4.78, 5) is 15.3. The second-order valence-corrected chi connectivity index (χ2v) is 4.99. The molecule has 0 spiro atoms. The van der Waals surface area contributed by atoms with Crippen molar-refractivity contribution in [3.63, 3.8) is 0 Å². The molecule has 0 aromatic carbocycles. The molecular formula is C11H9N5O3S. The first-order valence-corrected chi connectivity index (χ1v) is 6.59. The van der Waals surface area contributed by atoms with E-state index in [9.17, 15) is 10.1 Å². The molecule has 3 rings (SSSR count). The topological polar surface area (TPSA) is 99.9 Å². The highest BCUT2D eigenvalue weighted by molar-refractivity contribution is 7.13. The third-order valence-electron chi connectivity index (χ3n) is 2.74. The van der Waals surface area contributed by atoms with Gasteiger partial charge in [0.15, 0.2) is 0 Å². The molecule has 0 aliphatic heterocycles. The van der Waals surface area contributed by atoms with Crippen LogP contribution in [0.15, 0.2) is 34.4 Å². The van der Waals surface area contributed by atoms with Gasteiger partial charge in [0.1, 0.15) is 18.4 Å². The normalized spacial score (nSPS) is 12.4. The van der Waals surface area contributed by atoms with Crippen molar-refractivity contribution in [1.82, 2.24) is 19.9 Å². The van der Waals surface area contributed by atoms with E-state index in [4.69, 9.17) is 4.52 Å². The molecule has 20 heavy (non-hydrogen) atoms. The van der Waals surface area contributed by atoms with Crippen molar-refractivity contribution in [2.24, 2.45) is 0 Å². The van der Waals surface area contributed by atoms with Gasteiger partial charge in [0.05, 0.1) is 9.80 Å². The van der Waals surface area contributed by atoms with Crippen LogP contribution in [0.1, 0.15) is 18.9 Å². The zero-order valence-corrected chi connectivity index (χ0v) is 11.1. The smallest absolute Gasteiger partial charge is 0.307 e. The van der Waals surface area contributed by atoms with E-state index in [0.29, 0.717) is 11.7 Å². The van der Waals surface area contributed by atoms with Gasteiger partial charge in [-0.25, -0.2) is 0 Å². The molecule has 0 amide bonds. The molecular weight excluding hydrogens is 282 g/mol. The zero-order valence-electron chi connectivity index (χ0n) is 10.3. The van der Waals surface area contributed by atoms with Gasteiger partial charge in [0.25, 0.3) is 5.89 Å². The predicted octanol–water partition coefficient (Wildman–Crippen LogP) is 2.51. The lowest BCUT2D eigenvalue weighted by Crippen LogP contribution is -2.07. The summed E-state index contributed by atoms with van der Waals surface area (Å²) in [5.74, 6) is 0.856. The van der Waals surface area contributed by atoms with Crippen LogP contribution in [0.5, 0.6) is 0 Å². The number of hydrogen-bond donors (Lipinski definition) is 0. The van der Waals surface area contributed by atoms with Crippen molar-refractivity contribution in [2.75, 3.05) is 0 Å². The van der Waals surface area contributed by atoms with E-state index in [-0.39, 0.29) is 11.7 Å². The molecule has 1 atom stereocenters. The summed E-state index contributed by atoms with van der Waals surface area (Å²) in [6.45, 7) is 1.78. The summed E-state index contributed by atoms with van der Waals surface area (Å²) in [5.41, 5.74) is -0.0742. The molecule has 0 radical (unpaired) electrons. The molecule has 9 heteroatoms.